The Morgan fingerprint density at radius 1 is 1.36 bits per heavy atom. The minimum absolute atomic E-state index is 0. The second kappa shape index (κ2) is 11.2. The number of halogens is 2. The van der Waals surface area contributed by atoms with E-state index in [2.05, 4.69) is 27.4 Å². The predicted octanol–water partition coefficient (Wildman–Crippen LogP) is 1.88. The number of aryl methyl sites for hydroxylation is 2. The topological polar surface area (TPSA) is 57.3 Å². The van der Waals surface area contributed by atoms with Crippen LogP contribution in [-0.2, 0) is 6.42 Å². The Hall–Kier alpha value is -0.400. The molecule has 1 aliphatic rings. The number of aromatic nitrogens is 1. The molecule has 1 saturated heterocycles. The molecule has 1 aromatic rings. The first-order valence-corrected chi connectivity index (χ1v) is 8.20. The van der Waals surface area contributed by atoms with Crippen LogP contribution in [0.5, 0.6) is 0 Å². The number of carbonyl (C=O) groups is 1. The third-order valence-electron chi connectivity index (χ3n) is 3.43. The van der Waals surface area contributed by atoms with E-state index < -0.39 is 0 Å². The largest absolute Gasteiger partial charge is 0.350 e. The van der Waals surface area contributed by atoms with Gasteiger partial charge in [-0.05, 0) is 19.8 Å². The molecule has 1 amide bonds. The summed E-state index contributed by atoms with van der Waals surface area (Å²) in [5.41, 5.74) is 0.859. The molecule has 0 aliphatic carbocycles. The van der Waals surface area contributed by atoms with Gasteiger partial charge in [-0.1, -0.05) is 6.92 Å². The van der Waals surface area contributed by atoms with Crippen LogP contribution in [0, 0.1) is 6.92 Å². The van der Waals surface area contributed by atoms with Gasteiger partial charge in [0.15, 0.2) is 0 Å². The number of rotatable bonds is 6. The normalized spacial score (nSPS) is 14.8. The fourth-order valence-electron chi connectivity index (χ4n) is 2.33. The highest BCUT2D eigenvalue weighted by atomic mass is 35.5. The summed E-state index contributed by atoms with van der Waals surface area (Å²) in [4.78, 5) is 19.8. The van der Waals surface area contributed by atoms with Gasteiger partial charge in [0, 0.05) is 39.3 Å². The van der Waals surface area contributed by atoms with Crippen LogP contribution in [0.2, 0.25) is 0 Å². The first kappa shape index (κ1) is 21.6. The van der Waals surface area contributed by atoms with Crippen LogP contribution >= 0.6 is 36.2 Å². The van der Waals surface area contributed by atoms with Crippen LogP contribution in [0.3, 0.4) is 0 Å². The average Bonchev–Trinajstić information content (AvgIpc) is 2.81. The van der Waals surface area contributed by atoms with Gasteiger partial charge in [-0.25, -0.2) is 4.98 Å². The Kier molecular flexibility index (Phi) is 11.0. The Balaban J connectivity index is 0.00000220. The quantitative estimate of drug-likeness (QED) is 0.804. The molecule has 2 heterocycles. The van der Waals surface area contributed by atoms with E-state index in [1.807, 2.05) is 6.92 Å². The van der Waals surface area contributed by atoms with Crippen molar-refractivity contribution >= 4 is 42.1 Å². The summed E-state index contributed by atoms with van der Waals surface area (Å²) in [7, 11) is 0. The second-order valence-electron chi connectivity index (χ2n) is 5.12. The third kappa shape index (κ3) is 6.38. The Morgan fingerprint density at radius 2 is 2.05 bits per heavy atom. The molecular weight excluding hydrogens is 343 g/mol. The summed E-state index contributed by atoms with van der Waals surface area (Å²) in [6.45, 7) is 9.90. The van der Waals surface area contributed by atoms with Crippen LogP contribution in [0.4, 0.5) is 0 Å². The molecule has 0 atom stereocenters. The predicted molar refractivity (Wildman–Crippen MR) is 97.0 cm³/mol. The lowest BCUT2D eigenvalue weighted by Gasteiger charge is -2.27. The lowest BCUT2D eigenvalue weighted by molar-refractivity contribution is 0.0950. The fraction of sp³-hybridized carbons (Fsp3) is 0.714. The van der Waals surface area contributed by atoms with E-state index in [0.717, 1.165) is 61.1 Å². The Bertz CT molecular complexity index is 450. The van der Waals surface area contributed by atoms with Crippen LogP contribution in [0.15, 0.2) is 0 Å². The van der Waals surface area contributed by atoms with E-state index in [9.17, 15) is 4.79 Å². The monoisotopic (exact) mass is 368 g/mol. The number of hydrogen-bond acceptors (Lipinski definition) is 5. The van der Waals surface area contributed by atoms with Gasteiger partial charge in [-0.3, -0.25) is 9.69 Å². The van der Waals surface area contributed by atoms with Gasteiger partial charge in [0.25, 0.3) is 5.91 Å². The lowest BCUT2D eigenvalue weighted by atomic mass is 10.3. The SMILES string of the molecule is CCCc1nc(C)c(C(=O)NCCN2CCNCC2)s1.Cl.Cl. The number of carbonyl (C=O) groups excluding carboxylic acids is 1. The maximum absolute atomic E-state index is 12.2. The lowest BCUT2D eigenvalue weighted by Crippen LogP contribution is -2.46. The van der Waals surface area contributed by atoms with E-state index in [0.29, 0.717) is 6.54 Å². The summed E-state index contributed by atoms with van der Waals surface area (Å²) >= 11 is 1.53. The molecule has 0 saturated carbocycles. The molecule has 128 valence electrons. The number of piperazine rings is 1. The number of thiazole rings is 1. The van der Waals surface area contributed by atoms with E-state index in [1.54, 1.807) is 0 Å². The molecule has 0 radical (unpaired) electrons. The number of amides is 1. The molecule has 0 bridgehead atoms. The van der Waals surface area contributed by atoms with Gasteiger partial charge in [0.2, 0.25) is 0 Å². The summed E-state index contributed by atoms with van der Waals surface area (Å²) in [5.74, 6) is 0.0255. The molecule has 0 unspecified atom stereocenters. The molecule has 0 spiro atoms. The van der Waals surface area contributed by atoms with Gasteiger partial charge in [0.05, 0.1) is 10.7 Å². The summed E-state index contributed by atoms with van der Waals surface area (Å²) in [6.07, 6.45) is 2.02. The first-order chi connectivity index (χ1) is 9.70. The molecular formula is C14H26Cl2N4OS. The summed E-state index contributed by atoms with van der Waals surface area (Å²) in [5, 5.41) is 7.41. The molecule has 1 aromatic heterocycles. The first-order valence-electron chi connectivity index (χ1n) is 7.38. The van der Waals surface area contributed by atoms with Crippen molar-refractivity contribution in [1.82, 2.24) is 20.5 Å². The molecule has 1 fully saturated rings. The number of nitrogens with zero attached hydrogens (tertiary/aromatic N) is 2. The van der Waals surface area contributed by atoms with Crippen LogP contribution in [-0.4, -0.2) is 55.1 Å². The standard InChI is InChI=1S/C14H24N4OS.2ClH/c1-3-4-12-17-11(2)13(20-12)14(19)16-7-10-18-8-5-15-6-9-18;;/h15H,3-10H2,1-2H3,(H,16,19);2*1H. The van der Waals surface area contributed by atoms with Crippen LogP contribution in [0.25, 0.3) is 0 Å². The van der Waals surface area contributed by atoms with Crippen molar-refractivity contribution in [3.63, 3.8) is 0 Å². The third-order valence-corrected chi connectivity index (χ3v) is 4.65. The number of nitrogens with one attached hydrogen (secondary N) is 2. The van der Waals surface area contributed by atoms with Crippen molar-refractivity contribution in [3.8, 4) is 0 Å². The summed E-state index contributed by atoms with van der Waals surface area (Å²) < 4.78 is 0. The van der Waals surface area contributed by atoms with Crippen molar-refractivity contribution in [2.24, 2.45) is 0 Å². The van der Waals surface area contributed by atoms with E-state index in [1.165, 1.54) is 11.3 Å². The van der Waals surface area contributed by atoms with Gasteiger partial charge < -0.3 is 10.6 Å². The van der Waals surface area contributed by atoms with Gasteiger partial charge >= 0.3 is 0 Å². The smallest absolute Gasteiger partial charge is 0.263 e. The molecule has 2 N–H and O–H groups in total. The van der Waals surface area contributed by atoms with Crippen molar-refractivity contribution in [3.05, 3.63) is 15.6 Å². The van der Waals surface area contributed by atoms with Crippen molar-refractivity contribution in [2.45, 2.75) is 26.7 Å². The Labute approximate surface area is 149 Å². The maximum Gasteiger partial charge on any atom is 0.263 e. The van der Waals surface area contributed by atoms with Crippen molar-refractivity contribution < 1.29 is 4.79 Å². The molecule has 22 heavy (non-hydrogen) atoms. The second-order valence-corrected chi connectivity index (χ2v) is 6.20. The van der Waals surface area contributed by atoms with E-state index >= 15 is 0 Å². The Morgan fingerprint density at radius 3 is 2.68 bits per heavy atom. The maximum atomic E-state index is 12.2. The highest BCUT2D eigenvalue weighted by Crippen LogP contribution is 2.19. The molecule has 5 nitrogen and oxygen atoms in total. The minimum atomic E-state index is 0. The molecule has 2 rings (SSSR count). The highest BCUT2D eigenvalue weighted by Gasteiger charge is 2.15. The average molecular weight is 369 g/mol. The highest BCUT2D eigenvalue weighted by molar-refractivity contribution is 7.13. The zero-order chi connectivity index (χ0) is 14.4. The fourth-order valence-corrected chi connectivity index (χ4v) is 3.41. The van der Waals surface area contributed by atoms with Gasteiger partial charge in [0.1, 0.15) is 4.88 Å². The van der Waals surface area contributed by atoms with Crippen LogP contribution < -0.4 is 10.6 Å². The summed E-state index contributed by atoms with van der Waals surface area (Å²) in [6, 6.07) is 0. The van der Waals surface area contributed by atoms with Crippen LogP contribution in [0.1, 0.15) is 33.7 Å². The molecule has 8 heteroatoms. The zero-order valence-corrected chi connectivity index (χ0v) is 15.6. The van der Waals surface area contributed by atoms with Crippen molar-refractivity contribution in [2.75, 3.05) is 39.3 Å². The molecule has 0 aromatic carbocycles. The van der Waals surface area contributed by atoms with E-state index in [-0.39, 0.29) is 30.7 Å². The molecule has 1 aliphatic heterocycles. The number of hydrogen-bond donors (Lipinski definition) is 2. The minimum Gasteiger partial charge on any atom is -0.350 e. The van der Waals surface area contributed by atoms with Gasteiger partial charge in [-0.15, -0.1) is 36.2 Å². The van der Waals surface area contributed by atoms with Crippen molar-refractivity contribution in [1.29, 1.82) is 0 Å². The van der Waals surface area contributed by atoms with E-state index in [4.69, 9.17) is 0 Å². The zero-order valence-electron chi connectivity index (χ0n) is 13.2. The van der Waals surface area contributed by atoms with Gasteiger partial charge in [-0.2, -0.15) is 0 Å².